The van der Waals surface area contributed by atoms with E-state index in [1.807, 2.05) is 4.68 Å². The van der Waals surface area contributed by atoms with Crippen LogP contribution in [0.2, 0.25) is 0 Å². The average Bonchev–Trinajstić information content (AvgIpc) is 3.40. The highest BCUT2D eigenvalue weighted by Crippen LogP contribution is 2.40. The average molecular weight is 454 g/mol. The first-order chi connectivity index (χ1) is 12.6. The Balaban J connectivity index is 0.00000210. The number of benzene rings is 1. The van der Waals surface area contributed by atoms with Gasteiger partial charge in [-0.15, -0.1) is 28.3 Å². The number of hydrogen-bond donors (Lipinski definition) is 3. The Labute approximate surface area is 172 Å². The van der Waals surface area contributed by atoms with Crippen LogP contribution in [-0.4, -0.2) is 32.3 Å². The summed E-state index contributed by atoms with van der Waals surface area (Å²) in [6, 6.07) is 2.78. The fraction of sp³-hybridized carbons (Fsp3) is 0.474. The summed E-state index contributed by atoms with van der Waals surface area (Å²) in [6.07, 6.45) is 9.87. The number of phenolic OH excluding ortho intramolecular Hbond substituents is 3. The van der Waals surface area contributed by atoms with Crippen LogP contribution in [0.5, 0.6) is 17.2 Å². The summed E-state index contributed by atoms with van der Waals surface area (Å²) >= 11 is 1.61. The van der Waals surface area contributed by atoms with Crippen molar-refractivity contribution in [3.63, 3.8) is 0 Å². The quantitative estimate of drug-likeness (QED) is 0.367. The monoisotopic (exact) mass is 453 g/mol. The Bertz CT molecular complexity index is 896. The van der Waals surface area contributed by atoms with Crippen molar-refractivity contribution in [3.05, 3.63) is 33.6 Å². The molecule has 27 heavy (non-hydrogen) atoms. The first-order valence-corrected chi connectivity index (χ1v) is 10.0. The lowest BCUT2D eigenvalue weighted by molar-refractivity contribution is 0.396. The third-order valence-electron chi connectivity index (χ3n) is 5.01. The molecule has 6 nitrogen and oxygen atoms in total. The standard InChI is InChI=1S/C19H23N3O3S.BrH/c23-16-9-18(25)17(24)8-13(16)10-20-22-15(12-6-7-12)11-26-19(22)21-14-4-2-1-3-5-14;/h8-12,14,23-25H,1-7H2;1H/b20-10+,21-19?;. The molecule has 0 radical (unpaired) electrons. The molecular weight excluding hydrogens is 430 g/mol. The number of aromatic hydroxyl groups is 3. The molecule has 0 saturated heterocycles. The Hall–Kier alpha value is -1.80. The third-order valence-corrected chi connectivity index (χ3v) is 5.86. The van der Waals surface area contributed by atoms with Crippen molar-refractivity contribution in [3.8, 4) is 17.2 Å². The van der Waals surface area contributed by atoms with E-state index in [1.54, 1.807) is 11.3 Å². The van der Waals surface area contributed by atoms with E-state index in [4.69, 9.17) is 4.99 Å². The summed E-state index contributed by atoms with van der Waals surface area (Å²) in [4.78, 5) is 5.82. The number of hydrogen-bond acceptors (Lipinski definition) is 6. The van der Waals surface area contributed by atoms with Gasteiger partial charge in [-0.3, -0.25) is 4.99 Å². The maximum absolute atomic E-state index is 9.97. The van der Waals surface area contributed by atoms with Crippen LogP contribution in [0.3, 0.4) is 0 Å². The Morgan fingerprint density at radius 3 is 2.37 bits per heavy atom. The molecule has 146 valence electrons. The predicted molar refractivity (Wildman–Crippen MR) is 111 cm³/mol. The van der Waals surface area contributed by atoms with Gasteiger partial charge in [0.2, 0.25) is 4.80 Å². The first-order valence-electron chi connectivity index (χ1n) is 9.15. The zero-order chi connectivity index (χ0) is 18.1. The van der Waals surface area contributed by atoms with Crippen LogP contribution >= 0.6 is 28.3 Å². The van der Waals surface area contributed by atoms with Crippen molar-refractivity contribution in [2.24, 2.45) is 10.1 Å². The fourth-order valence-electron chi connectivity index (χ4n) is 3.34. The van der Waals surface area contributed by atoms with Gasteiger partial charge in [-0.2, -0.15) is 5.10 Å². The van der Waals surface area contributed by atoms with Crippen molar-refractivity contribution in [2.75, 3.05) is 0 Å². The van der Waals surface area contributed by atoms with Crippen LogP contribution in [-0.2, 0) is 0 Å². The molecule has 1 aromatic carbocycles. The minimum absolute atomic E-state index is 0. The van der Waals surface area contributed by atoms with Crippen LogP contribution < -0.4 is 4.80 Å². The summed E-state index contributed by atoms with van der Waals surface area (Å²) in [5, 5.41) is 35.8. The Morgan fingerprint density at radius 1 is 0.963 bits per heavy atom. The lowest BCUT2D eigenvalue weighted by Gasteiger charge is -2.16. The summed E-state index contributed by atoms with van der Waals surface area (Å²) in [5.41, 5.74) is 1.51. The summed E-state index contributed by atoms with van der Waals surface area (Å²) in [5.74, 6) is -0.234. The van der Waals surface area contributed by atoms with E-state index < -0.39 is 0 Å². The number of phenols is 3. The molecule has 2 aliphatic rings. The largest absolute Gasteiger partial charge is 0.507 e. The number of rotatable bonds is 4. The van der Waals surface area contributed by atoms with Gasteiger partial charge in [-0.25, -0.2) is 4.68 Å². The number of nitrogens with zero attached hydrogens (tertiary/aromatic N) is 3. The lowest BCUT2D eigenvalue weighted by Crippen LogP contribution is -2.19. The maximum Gasteiger partial charge on any atom is 0.206 e. The highest BCUT2D eigenvalue weighted by Gasteiger charge is 2.28. The number of halogens is 1. The Kier molecular flexibility index (Phi) is 6.26. The minimum Gasteiger partial charge on any atom is -0.507 e. The number of aromatic nitrogens is 1. The van der Waals surface area contributed by atoms with Crippen molar-refractivity contribution in [1.82, 2.24) is 4.68 Å². The van der Waals surface area contributed by atoms with Crippen LogP contribution in [0.4, 0.5) is 0 Å². The van der Waals surface area contributed by atoms with Crippen LogP contribution in [0.25, 0.3) is 0 Å². The molecular formula is C19H24BrN3O3S. The summed E-state index contributed by atoms with van der Waals surface area (Å²) in [6.45, 7) is 0. The molecule has 2 saturated carbocycles. The van der Waals surface area contributed by atoms with Gasteiger partial charge < -0.3 is 15.3 Å². The smallest absolute Gasteiger partial charge is 0.206 e. The molecule has 2 aliphatic carbocycles. The fourth-order valence-corrected chi connectivity index (χ4v) is 4.33. The molecule has 0 aliphatic heterocycles. The van der Waals surface area contributed by atoms with Gasteiger partial charge in [0.15, 0.2) is 11.5 Å². The SMILES string of the molecule is Br.Oc1cc(O)c(/C=N/n2c(C3CC3)csc2=NC2CCCCC2)cc1O. The van der Waals surface area contributed by atoms with Gasteiger partial charge in [0.25, 0.3) is 0 Å². The van der Waals surface area contributed by atoms with Crippen LogP contribution in [0.15, 0.2) is 27.6 Å². The van der Waals surface area contributed by atoms with Gasteiger partial charge in [-0.05, 0) is 31.7 Å². The van der Waals surface area contributed by atoms with Gasteiger partial charge >= 0.3 is 0 Å². The van der Waals surface area contributed by atoms with Crippen molar-refractivity contribution in [2.45, 2.75) is 56.9 Å². The summed E-state index contributed by atoms with van der Waals surface area (Å²) < 4.78 is 1.88. The van der Waals surface area contributed by atoms with E-state index in [0.717, 1.165) is 29.4 Å². The molecule has 1 heterocycles. The normalized spacial score (nSPS) is 18.7. The molecule has 3 N–H and O–H groups in total. The minimum atomic E-state index is -0.352. The molecule has 0 amide bonds. The van der Waals surface area contributed by atoms with Crippen molar-refractivity contribution in [1.29, 1.82) is 0 Å². The molecule has 4 rings (SSSR count). The zero-order valence-corrected chi connectivity index (χ0v) is 17.4. The van der Waals surface area contributed by atoms with Gasteiger partial charge in [0, 0.05) is 22.9 Å². The second-order valence-corrected chi connectivity index (χ2v) is 7.93. The van der Waals surface area contributed by atoms with E-state index >= 15 is 0 Å². The third kappa shape index (κ3) is 4.55. The van der Waals surface area contributed by atoms with Crippen molar-refractivity contribution < 1.29 is 15.3 Å². The molecule has 0 spiro atoms. The summed E-state index contributed by atoms with van der Waals surface area (Å²) in [7, 11) is 0. The van der Waals surface area contributed by atoms with E-state index in [-0.39, 0.29) is 34.2 Å². The van der Waals surface area contributed by atoms with Crippen LogP contribution in [0.1, 0.15) is 62.1 Å². The molecule has 0 bridgehead atoms. The van der Waals surface area contributed by atoms with Crippen LogP contribution in [0, 0.1) is 0 Å². The lowest BCUT2D eigenvalue weighted by atomic mass is 9.96. The highest BCUT2D eigenvalue weighted by atomic mass is 79.9. The molecule has 0 atom stereocenters. The molecule has 8 heteroatoms. The van der Waals surface area contributed by atoms with Gasteiger partial charge in [0.1, 0.15) is 5.75 Å². The molecule has 1 aromatic heterocycles. The molecule has 2 aromatic rings. The second kappa shape index (κ2) is 8.48. The van der Waals surface area contributed by atoms with E-state index in [0.29, 0.717) is 17.5 Å². The number of thiazole rings is 1. The maximum atomic E-state index is 9.97. The molecule has 0 unspecified atom stereocenters. The van der Waals surface area contributed by atoms with Gasteiger partial charge in [0.05, 0.1) is 18.0 Å². The van der Waals surface area contributed by atoms with E-state index in [2.05, 4.69) is 10.5 Å². The zero-order valence-electron chi connectivity index (χ0n) is 14.9. The predicted octanol–water partition coefficient (Wildman–Crippen LogP) is 4.24. The van der Waals surface area contributed by atoms with Crippen molar-refractivity contribution >= 4 is 34.5 Å². The second-order valence-electron chi connectivity index (χ2n) is 7.09. The Morgan fingerprint density at radius 2 is 1.67 bits per heavy atom. The van der Waals surface area contributed by atoms with E-state index in [9.17, 15) is 15.3 Å². The first kappa shape index (κ1) is 19.9. The molecule has 2 fully saturated rings. The highest BCUT2D eigenvalue weighted by molar-refractivity contribution is 8.93. The van der Waals surface area contributed by atoms with E-state index in [1.165, 1.54) is 44.4 Å². The topological polar surface area (TPSA) is 90.3 Å². The van der Waals surface area contributed by atoms with Gasteiger partial charge in [-0.1, -0.05) is 19.3 Å².